The summed E-state index contributed by atoms with van der Waals surface area (Å²) >= 11 is 1.61. The molecule has 0 spiro atoms. The van der Waals surface area contributed by atoms with E-state index >= 15 is 0 Å². The van der Waals surface area contributed by atoms with Crippen LogP contribution < -0.4 is 5.32 Å². The van der Waals surface area contributed by atoms with Crippen molar-refractivity contribution in [3.63, 3.8) is 0 Å². The highest BCUT2D eigenvalue weighted by molar-refractivity contribution is 7.09. The van der Waals surface area contributed by atoms with Crippen LogP contribution in [0.1, 0.15) is 37.1 Å². The van der Waals surface area contributed by atoms with Gasteiger partial charge in [0.05, 0.1) is 12.6 Å². The molecule has 0 aromatic carbocycles. The quantitative estimate of drug-likeness (QED) is 0.920. The molecule has 2 heterocycles. The maximum absolute atomic E-state index is 12.5. The number of nitrogens with one attached hydrogen (secondary N) is 1. The van der Waals surface area contributed by atoms with Crippen molar-refractivity contribution in [3.8, 4) is 0 Å². The second kappa shape index (κ2) is 5.59. The van der Waals surface area contributed by atoms with Gasteiger partial charge in [-0.1, -0.05) is 12.8 Å². The number of carbonyl (C=O) groups is 1. The number of carbonyl (C=O) groups excluding carboxylic acids is 1. The molecule has 1 N–H and O–H groups in total. The number of hydrogen-bond acceptors (Lipinski definition) is 4. The van der Waals surface area contributed by atoms with E-state index in [2.05, 4.69) is 10.3 Å². The number of fused-ring (bicyclic) bond motifs is 1. The fourth-order valence-electron chi connectivity index (χ4n) is 3.39. The topological polar surface area (TPSA) is 45.2 Å². The SMILES string of the molecule is CN(Cc1nccs1)C(=O)C1CC2CCCCC2N1. The van der Waals surface area contributed by atoms with Gasteiger partial charge in [0, 0.05) is 24.7 Å². The van der Waals surface area contributed by atoms with Gasteiger partial charge in [0.2, 0.25) is 5.91 Å². The van der Waals surface area contributed by atoms with Crippen molar-refractivity contribution in [2.24, 2.45) is 5.92 Å². The van der Waals surface area contributed by atoms with Crippen LogP contribution in [0.15, 0.2) is 11.6 Å². The number of likely N-dealkylation sites (N-methyl/N-ethyl adjacent to an activating group) is 1. The molecule has 0 bridgehead atoms. The molecule has 3 rings (SSSR count). The van der Waals surface area contributed by atoms with E-state index in [4.69, 9.17) is 0 Å². The van der Waals surface area contributed by atoms with E-state index in [1.807, 2.05) is 17.3 Å². The minimum absolute atomic E-state index is 0.0260. The first-order valence-corrected chi connectivity index (χ1v) is 8.01. The zero-order valence-electron chi connectivity index (χ0n) is 11.3. The van der Waals surface area contributed by atoms with E-state index in [9.17, 15) is 4.79 Å². The Morgan fingerprint density at radius 3 is 3.11 bits per heavy atom. The zero-order chi connectivity index (χ0) is 13.2. The number of nitrogens with zero attached hydrogens (tertiary/aromatic N) is 2. The van der Waals surface area contributed by atoms with E-state index in [0.29, 0.717) is 12.6 Å². The predicted octanol–water partition coefficient (Wildman–Crippen LogP) is 2.02. The summed E-state index contributed by atoms with van der Waals surface area (Å²) in [4.78, 5) is 18.5. The van der Waals surface area contributed by atoms with E-state index in [1.54, 1.807) is 17.5 Å². The summed E-state index contributed by atoms with van der Waals surface area (Å²) in [6.07, 6.45) is 7.98. The molecule has 1 aromatic heterocycles. The Bertz CT molecular complexity index is 420. The minimum atomic E-state index is 0.0260. The van der Waals surface area contributed by atoms with Gasteiger partial charge >= 0.3 is 0 Å². The first-order valence-electron chi connectivity index (χ1n) is 7.13. The van der Waals surface area contributed by atoms with Gasteiger partial charge < -0.3 is 10.2 Å². The maximum atomic E-state index is 12.5. The zero-order valence-corrected chi connectivity index (χ0v) is 12.2. The molecule has 1 aromatic rings. The maximum Gasteiger partial charge on any atom is 0.239 e. The molecule has 1 aliphatic heterocycles. The minimum Gasteiger partial charge on any atom is -0.338 e. The molecule has 19 heavy (non-hydrogen) atoms. The van der Waals surface area contributed by atoms with Crippen LogP contribution in [0.5, 0.6) is 0 Å². The van der Waals surface area contributed by atoms with Gasteiger partial charge in [0.1, 0.15) is 5.01 Å². The predicted molar refractivity (Wildman–Crippen MR) is 75.9 cm³/mol. The fraction of sp³-hybridized carbons (Fsp3) is 0.714. The van der Waals surface area contributed by atoms with Crippen molar-refractivity contribution in [2.75, 3.05) is 7.05 Å². The Kier molecular flexibility index (Phi) is 3.84. The molecule has 4 nitrogen and oxygen atoms in total. The number of amides is 1. The smallest absolute Gasteiger partial charge is 0.239 e. The molecule has 3 atom stereocenters. The first kappa shape index (κ1) is 13.1. The van der Waals surface area contributed by atoms with Gasteiger partial charge in [-0.15, -0.1) is 11.3 Å². The van der Waals surface area contributed by atoms with Crippen molar-refractivity contribution >= 4 is 17.2 Å². The third-order valence-electron chi connectivity index (χ3n) is 4.39. The molecule has 2 aliphatic rings. The Morgan fingerprint density at radius 1 is 1.53 bits per heavy atom. The highest BCUT2D eigenvalue weighted by atomic mass is 32.1. The Hall–Kier alpha value is -0.940. The van der Waals surface area contributed by atoms with Crippen molar-refractivity contribution < 1.29 is 4.79 Å². The van der Waals surface area contributed by atoms with Crippen molar-refractivity contribution in [1.29, 1.82) is 0 Å². The Labute approximate surface area is 118 Å². The number of aromatic nitrogens is 1. The summed E-state index contributed by atoms with van der Waals surface area (Å²) in [5.41, 5.74) is 0. The Morgan fingerprint density at radius 2 is 2.37 bits per heavy atom. The summed E-state index contributed by atoms with van der Waals surface area (Å²) in [6.45, 7) is 0.629. The van der Waals surface area contributed by atoms with E-state index in [0.717, 1.165) is 17.3 Å². The lowest BCUT2D eigenvalue weighted by Crippen LogP contribution is -2.43. The molecule has 1 amide bonds. The lowest BCUT2D eigenvalue weighted by atomic mass is 9.85. The largest absolute Gasteiger partial charge is 0.338 e. The highest BCUT2D eigenvalue weighted by Gasteiger charge is 2.39. The lowest BCUT2D eigenvalue weighted by molar-refractivity contribution is -0.132. The van der Waals surface area contributed by atoms with Gasteiger partial charge in [-0.2, -0.15) is 0 Å². The first-order chi connectivity index (χ1) is 9.24. The number of rotatable bonds is 3. The van der Waals surface area contributed by atoms with Crippen LogP contribution in [0.4, 0.5) is 0 Å². The monoisotopic (exact) mass is 279 g/mol. The van der Waals surface area contributed by atoms with Gasteiger partial charge in [-0.3, -0.25) is 4.79 Å². The molecule has 0 radical (unpaired) electrons. The molecular formula is C14H21N3OS. The van der Waals surface area contributed by atoms with Crippen LogP contribution in [0.2, 0.25) is 0 Å². The summed E-state index contributed by atoms with van der Waals surface area (Å²) in [5, 5.41) is 6.51. The summed E-state index contributed by atoms with van der Waals surface area (Å²) < 4.78 is 0. The van der Waals surface area contributed by atoms with Crippen LogP contribution in [-0.2, 0) is 11.3 Å². The highest BCUT2D eigenvalue weighted by Crippen LogP contribution is 2.33. The standard InChI is InChI=1S/C14H21N3OS/c1-17(9-13-15-6-7-19-13)14(18)12-8-10-4-2-3-5-11(10)16-12/h6-7,10-12,16H,2-5,8-9H2,1H3. The average molecular weight is 279 g/mol. The Balaban J connectivity index is 1.58. The summed E-state index contributed by atoms with van der Waals surface area (Å²) in [7, 11) is 1.88. The third kappa shape index (κ3) is 2.82. The second-order valence-electron chi connectivity index (χ2n) is 5.73. The molecule has 2 fully saturated rings. The molecule has 104 valence electrons. The normalized spacial score (nSPS) is 30.1. The van der Waals surface area contributed by atoms with Gasteiger partial charge in [0.15, 0.2) is 0 Å². The molecule has 5 heteroatoms. The number of thiazole rings is 1. The van der Waals surface area contributed by atoms with E-state index in [-0.39, 0.29) is 11.9 Å². The molecule has 3 unspecified atom stereocenters. The average Bonchev–Trinajstić information content (AvgIpc) is 3.05. The van der Waals surface area contributed by atoms with E-state index < -0.39 is 0 Å². The molecule has 1 aliphatic carbocycles. The molecular weight excluding hydrogens is 258 g/mol. The van der Waals surface area contributed by atoms with Crippen molar-refractivity contribution in [2.45, 2.75) is 50.7 Å². The van der Waals surface area contributed by atoms with Crippen LogP contribution in [-0.4, -0.2) is 34.9 Å². The van der Waals surface area contributed by atoms with Crippen LogP contribution >= 0.6 is 11.3 Å². The third-order valence-corrected chi connectivity index (χ3v) is 5.16. The summed E-state index contributed by atoms with van der Waals surface area (Å²) in [5.74, 6) is 0.945. The molecule has 1 saturated carbocycles. The lowest BCUT2D eigenvalue weighted by Gasteiger charge is -2.24. The van der Waals surface area contributed by atoms with Crippen LogP contribution in [0.3, 0.4) is 0 Å². The van der Waals surface area contributed by atoms with Crippen molar-refractivity contribution in [1.82, 2.24) is 15.2 Å². The molecule has 1 saturated heterocycles. The summed E-state index contributed by atoms with van der Waals surface area (Å²) in [6, 6.07) is 0.606. The van der Waals surface area contributed by atoms with Crippen LogP contribution in [0.25, 0.3) is 0 Å². The van der Waals surface area contributed by atoms with Crippen LogP contribution in [0, 0.1) is 5.92 Å². The second-order valence-corrected chi connectivity index (χ2v) is 6.71. The number of hydrogen-bond donors (Lipinski definition) is 1. The van der Waals surface area contributed by atoms with E-state index in [1.165, 1.54) is 25.7 Å². The van der Waals surface area contributed by atoms with Gasteiger partial charge in [-0.05, 0) is 25.2 Å². The van der Waals surface area contributed by atoms with Crippen molar-refractivity contribution in [3.05, 3.63) is 16.6 Å². The van der Waals surface area contributed by atoms with Gasteiger partial charge in [0.25, 0.3) is 0 Å². The van der Waals surface area contributed by atoms with Gasteiger partial charge in [-0.25, -0.2) is 4.98 Å². The fourth-order valence-corrected chi connectivity index (χ4v) is 4.06.